The molecule has 0 aliphatic rings. The van der Waals surface area contributed by atoms with E-state index in [-0.39, 0.29) is 18.6 Å². The van der Waals surface area contributed by atoms with Crippen molar-refractivity contribution in [2.45, 2.75) is 40.3 Å². The highest BCUT2D eigenvalue weighted by Gasteiger charge is 2.11. The molecule has 0 unspecified atom stereocenters. The third-order valence-electron chi connectivity index (χ3n) is 2.87. The summed E-state index contributed by atoms with van der Waals surface area (Å²) in [7, 11) is 1.81. The minimum absolute atomic E-state index is 0.0173. The molecule has 1 amide bonds. The number of ether oxygens (including phenoxy) is 1. The molecule has 0 aromatic heterocycles. The summed E-state index contributed by atoms with van der Waals surface area (Å²) in [6.45, 7) is 8.79. The molecule has 3 heteroatoms. The summed E-state index contributed by atoms with van der Waals surface area (Å²) in [6, 6.07) is 6.29. The molecule has 18 heavy (non-hydrogen) atoms. The number of hydrogen-bond acceptors (Lipinski definition) is 2. The predicted octanol–water partition coefficient (Wildman–Crippen LogP) is 2.69. The van der Waals surface area contributed by atoms with Crippen LogP contribution in [0.2, 0.25) is 0 Å². The van der Waals surface area contributed by atoms with Crippen molar-refractivity contribution in [1.29, 1.82) is 0 Å². The van der Waals surface area contributed by atoms with Gasteiger partial charge in [0.1, 0.15) is 6.61 Å². The second-order valence-corrected chi connectivity index (χ2v) is 5.04. The Morgan fingerprint density at radius 1 is 1.33 bits per heavy atom. The minimum atomic E-state index is 0.0173. The molecule has 0 heterocycles. The maximum absolute atomic E-state index is 11.8. The second kappa shape index (κ2) is 6.55. The van der Waals surface area contributed by atoms with Gasteiger partial charge in [0.15, 0.2) is 0 Å². The zero-order valence-electron chi connectivity index (χ0n) is 12.0. The molecule has 0 atom stereocenters. The van der Waals surface area contributed by atoms with E-state index in [9.17, 15) is 4.79 Å². The average Bonchev–Trinajstić information content (AvgIpc) is 2.29. The number of carbonyl (C=O) groups excluding carboxylic acids is 1. The Kier molecular flexibility index (Phi) is 5.35. The molecule has 3 nitrogen and oxygen atoms in total. The lowest BCUT2D eigenvalue weighted by atomic mass is 10.1. The van der Waals surface area contributed by atoms with Crippen LogP contribution in [0.3, 0.4) is 0 Å². The van der Waals surface area contributed by atoms with Gasteiger partial charge in [-0.25, -0.2) is 0 Å². The molecular formula is C15H23NO2. The van der Waals surface area contributed by atoms with E-state index in [4.69, 9.17) is 4.74 Å². The van der Waals surface area contributed by atoms with E-state index in [1.807, 2.05) is 20.9 Å². The zero-order chi connectivity index (χ0) is 13.7. The summed E-state index contributed by atoms with van der Waals surface area (Å²) in [5, 5.41) is 0. The van der Waals surface area contributed by atoms with Gasteiger partial charge in [0.25, 0.3) is 0 Å². The van der Waals surface area contributed by atoms with Crippen molar-refractivity contribution in [2.24, 2.45) is 0 Å². The van der Waals surface area contributed by atoms with Crippen LogP contribution in [0, 0.1) is 13.8 Å². The van der Waals surface area contributed by atoms with Gasteiger partial charge in [-0.05, 0) is 38.8 Å². The van der Waals surface area contributed by atoms with Crippen molar-refractivity contribution in [2.75, 3.05) is 13.7 Å². The van der Waals surface area contributed by atoms with E-state index in [0.29, 0.717) is 6.54 Å². The van der Waals surface area contributed by atoms with Crippen LogP contribution in [0.25, 0.3) is 0 Å². The Morgan fingerprint density at radius 2 is 2.00 bits per heavy atom. The summed E-state index contributed by atoms with van der Waals surface area (Å²) in [5.74, 6) is 0.0173. The highest BCUT2D eigenvalue weighted by Crippen LogP contribution is 2.12. The van der Waals surface area contributed by atoms with E-state index in [1.54, 1.807) is 4.90 Å². The van der Waals surface area contributed by atoms with Crippen LogP contribution in [0.1, 0.15) is 30.5 Å². The van der Waals surface area contributed by atoms with Gasteiger partial charge in [-0.1, -0.05) is 23.8 Å². The Bertz CT molecular complexity index is 413. The van der Waals surface area contributed by atoms with Crippen molar-refractivity contribution in [3.63, 3.8) is 0 Å². The van der Waals surface area contributed by atoms with Crippen molar-refractivity contribution >= 4 is 5.91 Å². The first-order valence-electron chi connectivity index (χ1n) is 6.32. The van der Waals surface area contributed by atoms with Crippen LogP contribution >= 0.6 is 0 Å². The van der Waals surface area contributed by atoms with Crippen molar-refractivity contribution in [3.8, 4) is 0 Å². The first-order valence-corrected chi connectivity index (χ1v) is 6.32. The number of amides is 1. The molecule has 0 saturated carbocycles. The normalized spacial score (nSPS) is 10.8. The van der Waals surface area contributed by atoms with E-state index in [0.717, 1.165) is 0 Å². The Hall–Kier alpha value is -1.35. The van der Waals surface area contributed by atoms with E-state index < -0.39 is 0 Å². The molecule has 1 aromatic rings. The van der Waals surface area contributed by atoms with E-state index >= 15 is 0 Å². The lowest BCUT2D eigenvalue weighted by Gasteiger charge is -2.19. The molecular weight excluding hydrogens is 226 g/mol. The topological polar surface area (TPSA) is 29.5 Å². The van der Waals surface area contributed by atoms with Gasteiger partial charge in [-0.2, -0.15) is 0 Å². The third kappa shape index (κ3) is 4.49. The molecule has 0 saturated heterocycles. The maximum atomic E-state index is 11.8. The SMILES string of the molecule is Cc1ccc(CN(C)C(=O)COC(C)C)c(C)c1. The van der Waals surface area contributed by atoms with Crippen LogP contribution < -0.4 is 0 Å². The Balaban J connectivity index is 2.58. The lowest BCUT2D eigenvalue weighted by Crippen LogP contribution is -2.31. The largest absolute Gasteiger partial charge is 0.369 e. The van der Waals surface area contributed by atoms with Gasteiger partial charge >= 0.3 is 0 Å². The first-order chi connectivity index (χ1) is 8.40. The smallest absolute Gasteiger partial charge is 0.248 e. The van der Waals surface area contributed by atoms with Crippen LogP contribution in [-0.4, -0.2) is 30.6 Å². The molecule has 100 valence electrons. The molecule has 0 spiro atoms. The summed E-state index contributed by atoms with van der Waals surface area (Å²) >= 11 is 0. The van der Waals surface area contributed by atoms with Gasteiger partial charge in [0.2, 0.25) is 5.91 Å². The number of likely N-dealkylation sites (N-methyl/N-ethyl adjacent to an activating group) is 1. The summed E-state index contributed by atoms with van der Waals surface area (Å²) in [5.41, 5.74) is 3.65. The molecule has 1 rings (SSSR count). The van der Waals surface area contributed by atoms with Crippen LogP contribution in [0.4, 0.5) is 0 Å². The van der Waals surface area contributed by atoms with Crippen molar-refractivity contribution in [3.05, 3.63) is 34.9 Å². The molecule has 1 aromatic carbocycles. The van der Waals surface area contributed by atoms with Crippen molar-refractivity contribution < 1.29 is 9.53 Å². The predicted molar refractivity (Wildman–Crippen MR) is 73.5 cm³/mol. The Morgan fingerprint density at radius 3 is 2.56 bits per heavy atom. The van der Waals surface area contributed by atoms with Gasteiger partial charge in [-0.3, -0.25) is 4.79 Å². The van der Waals surface area contributed by atoms with E-state index in [1.165, 1.54) is 16.7 Å². The second-order valence-electron chi connectivity index (χ2n) is 5.04. The number of hydrogen-bond donors (Lipinski definition) is 0. The van der Waals surface area contributed by atoms with Gasteiger partial charge < -0.3 is 9.64 Å². The number of nitrogens with zero attached hydrogens (tertiary/aromatic N) is 1. The van der Waals surface area contributed by atoms with Gasteiger partial charge in [0.05, 0.1) is 6.10 Å². The van der Waals surface area contributed by atoms with Crippen LogP contribution in [0.15, 0.2) is 18.2 Å². The van der Waals surface area contributed by atoms with Crippen LogP contribution in [0.5, 0.6) is 0 Å². The quantitative estimate of drug-likeness (QED) is 0.803. The number of carbonyl (C=O) groups is 1. The summed E-state index contributed by atoms with van der Waals surface area (Å²) in [6.07, 6.45) is 0.0865. The summed E-state index contributed by atoms with van der Waals surface area (Å²) < 4.78 is 5.32. The molecule has 0 bridgehead atoms. The zero-order valence-corrected chi connectivity index (χ0v) is 12.0. The molecule has 0 radical (unpaired) electrons. The number of aryl methyl sites for hydroxylation is 2. The molecule has 0 aliphatic carbocycles. The number of benzene rings is 1. The molecule has 0 N–H and O–H groups in total. The fourth-order valence-corrected chi connectivity index (χ4v) is 1.72. The highest BCUT2D eigenvalue weighted by molar-refractivity contribution is 5.77. The van der Waals surface area contributed by atoms with Crippen LogP contribution in [-0.2, 0) is 16.1 Å². The summed E-state index contributed by atoms with van der Waals surface area (Å²) in [4.78, 5) is 13.5. The fraction of sp³-hybridized carbons (Fsp3) is 0.533. The average molecular weight is 249 g/mol. The Labute approximate surface area is 110 Å². The van der Waals surface area contributed by atoms with Gasteiger partial charge in [-0.15, -0.1) is 0 Å². The monoisotopic (exact) mass is 249 g/mol. The maximum Gasteiger partial charge on any atom is 0.248 e. The highest BCUT2D eigenvalue weighted by atomic mass is 16.5. The standard InChI is InChI=1S/C15H23NO2/c1-11(2)18-10-15(17)16(5)9-14-7-6-12(3)8-13(14)4/h6-8,11H,9-10H2,1-5H3. The van der Waals surface area contributed by atoms with Gasteiger partial charge in [0, 0.05) is 13.6 Å². The third-order valence-corrected chi connectivity index (χ3v) is 2.87. The first kappa shape index (κ1) is 14.7. The van der Waals surface area contributed by atoms with E-state index in [2.05, 4.69) is 32.0 Å². The lowest BCUT2D eigenvalue weighted by molar-refractivity contribution is -0.136. The molecule has 0 aliphatic heterocycles. The fourth-order valence-electron chi connectivity index (χ4n) is 1.72. The number of rotatable bonds is 5. The minimum Gasteiger partial charge on any atom is -0.369 e. The van der Waals surface area contributed by atoms with Crippen molar-refractivity contribution in [1.82, 2.24) is 4.90 Å². The molecule has 0 fully saturated rings.